The molecule has 1 heterocycles. The smallest absolute Gasteiger partial charge is 0.270 e. The normalized spacial score (nSPS) is 13.3. The fraction of sp³-hybridized carbons (Fsp3) is 0.167. The highest BCUT2D eigenvalue weighted by Crippen LogP contribution is 2.33. The van der Waals surface area contributed by atoms with Crippen molar-refractivity contribution in [3.63, 3.8) is 0 Å². The number of halogens is 1. The van der Waals surface area contributed by atoms with Crippen LogP contribution >= 0.6 is 22.9 Å². The maximum Gasteiger partial charge on any atom is 0.270 e. The van der Waals surface area contributed by atoms with Crippen LogP contribution in [0.3, 0.4) is 0 Å². The van der Waals surface area contributed by atoms with Gasteiger partial charge in [0.15, 0.2) is 0 Å². The van der Waals surface area contributed by atoms with Gasteiger partial charge in [-0.3, -0.25) is 14.9 Å². The highest BCUT2D eigenvalue weighted by molar-refractivity contribution is 7.19. The number of hydrogen-bond donors (Lipinski definition) is 2. The van der Waals surface area contributed by atoms with E-state index < -0.39 is 16.4 Å². The molecule has 1 unspecified atom stereocenters. The quantitative estimate of drug-likeness (QED) is 0.506. The first kappa shape index (κ1) is 18.3. The Hall–Kier alpha value is -2.48. The topological polar surface area (TPSA) is 92.5 Å². The number of non-ortho nitro benzene ring substituents is 1. The molecule has 1 aromatic heterocycles. The number of hydrogen-bond acceptors (Lipinski definition) is 5. The second-order valence-corrected chi connectivity index (χ2v) is 7.52. The molecule has 0 radical (unpaired) electrons. The van der Waals surface area contributed by atoms with Gasteiger partial charge in [-0.05, 0) is 30.5 Å². The number of fused-ring (bicyclic) bond motifs is 1. The zero-order chi connectivity index (χ0) is 18.9. The highest BCUT2D eigenvalue weighted by Gasteiger charge is 2.27. The summed E-state index contributed by atoms with van der Waals surface area (Å²) in [4.78, 5) is 23.2. The molecule has 0 bridgehead atoms. The van der Waals surface area contributed by atoms with Crippen LogP contribution in [0.25, 0.3) is 10.1 Å². The monoisotopic (exact) mass is 390 g/mol. The molecule has 26 heavy (non-hydrogen) atoms. The summed E-state index contributed by atoms with van der Waals surface area (Å²) in [6.45, 7) is 1.60. The van der Waals surface area contributed by atoms with Gasteiger partial charge in [0.25, 0.3) is 11.6 Å². The van der Waals surface area contributed by atoms with Gasteiger partial charge in [-0.25, -0.2) is 0 Å². The Labute approximate surface area is 158 Å². The Morgan fingerprint density at radius 3 is 2.69 bits per heavy atom. The summed E-state index contributed by atoms with van der Waals surface area (Å²) in [5, 5.41) is 25.1. The molecule has 2 aromatic carbocycles. The van der Waals surface area contributed by atoms with Crippen LogP contribution in [-0.4, -0.2) is 22.5 Å². The van der Waals surface area contributed by atoms with Crippen LogP contribution in [0, 0.1) is 10.1 Å². The summed E-state index contributed by atoms with van der Waals surface area (Å²) >= 11 is 7.42. The minimum Gasteiger partial charge on any atom is -0.383 e. The third-order valence-corrected chi connectivity index (χ3v) is 5.64. The average Bonchev–Trinajstić information content (AvgIpc) is 3.04. The van der Waals surface area contributed by atoms with Crippen LogP contribution in [0.4, 0.5) is 5.69 Å². The van der Waals surface area contributed by atoms with Crippen molar-refractivity contribution in [2.45, 2.75) is 12.5 Å². The number of carbonyl (C=O) groups is 1. The van der Waals surface area contributed by atoms with E-state index in [4.69, 9.17) is 11.6 Å². The molecule has 0 saturated carbocycles. The number of thiophene rings is 1. The van der Waals surface area contributed by atoms with Gasteiger partial charge in [0.05, 0.1) is 22.1 Å². The number of rotatable bonds is 5. The van der Waals surface area contributed by atoms with Gasteiger partial charge in [-0.15, -0.1) is 11.3 Å². The molecule has 3 aromatic rings. The van der Waals surface area contributed by atoms with Crippen LogP contribution in [0.15, 0.2) is 48.5 Å². The lowest BCUT2D eigenvalue weighted by molar-refractivity contribution is -0.384. The van der Waals surface area contributed by atoms with E-state index in [1.54, 1.807) is 6.92 Å². The number of carbonyl (C=O) groups excluding carboxylic acids is 1. The minimum atomic E-state index is -1.26. The van der Waals surface area contributed by atoms with E-state index in [9.17, 15) is 20.0 Å². The van der Waals surface area contributed by atoms with Crippen molar-refractivity contribution in [1.29, 1.82) is 0 Å². The molecule has 134 valence electrons. The van der Waals surface area contributed by atoms with E-state index in [0.717, 1.165) is 21.0 Å². The predicted molar refractivity (Wildman–Crippen MR) is 102 cm³/mol. The molecule has 8 heteroatoms. The molecule has 0 spiro atoms. The molecular weight excluding hydrogens is 376 g/mol. The highest BCUT2D eigenvalue weighted by atomic mass is 35.5. The number of nitrogens with one attached hydrogen (secondary N) is 1. The average molecular weight is 391 g/mol. The third-order valence-electron chi connectivity index (χ3n) is 3.96. The van der Waals surface area contributed by atoms with E-state index in [1.807, 2.05) is 30.3 Å². The summed E-state index contributed by atoms with van der Waals surface area (Å²) in [6.07, 6.45) is 0. The van der Waals surface area contributed by atoms with E-state index in [2.05, 4.69) is 5.32 Å². The molecule has 0 aliphatic carbocycles. The molecule has 1 atom stereocenters. The van der Waals surface area contributed by atoms with E-state index in [0.29, 0.717) is 0 Å². The predicted octanol–water partition coefficient (Wildman–Crippen LogP) is 4.10. The molecule has 1 amide bonds. The van der Waals surface area contributed by atoms with Crippen molar-refractivity contribution in [2.75, 3.05) is 6.54 Å². The second-order valence-electron chi connectivity index (χ2n) is 6.03. The van der Waals surface area contributed by atoms with Gasteiger partial charge in [-0.1, -0.05) is 29.8 Å². The van der Waals surface area contributed by atoms with E-state index in [1.165, 1.54) is 23.5 Å². The lowest BCUT2D eigenvalue weighted by Crippen LogP contribution is -2.38. The lowest BCUT2D eigenvalue weighted by Gasteiger charge is -2.22. The fourth-order valence-electron chi connectivity index (χ4n) is 2.48. The number of benzene rings is 2. The Kier molecular flexibility index (Phi) is 4.95. The zero-order valence-corrected chi connectivity index (χ0v) is 15.3. The molecule has 6 nitrogen and oxygen atoms in total. The summed E-state index contributed by atoms with van der Waals surface area (Å²) in [5.41, 5.74) is -1.33. The van der Waals surface area contributed by atoms with Gasteiger partial charge in [0.1, 0.15) is 5.60 Å². The van der Waals surface area contributed by atoms with Crippen molar-refractivity contribution >= 4 is 44.6 Å². The number of nitro benzene ring substituents is 1. The fourth-order valence-corrected chi connectivity index (χ4v) is 3.85. The van der Waals surface area contributed by atoms with Crippen LogP contribution in [0.5, 0.6) is 0 Å². The Morgan fingerprint density at radius 2 is 2.04 bits per heavy atom. The first-order chi connectivity index (χ1) is 12.3. The number of amides is 1. The van der Waals surface area contributed by atoms with Gasteiger partial charge in [0, 0.05) is 21.7 Å². The molecule has 0 aliphatic rings. The van der Waals surface area contributed by atoms with E-state index in [-0.39, 0.29) is 22.8 Å². The standard InChI is InChI=1S/C18H15ClN2O4S/c1-18(23,16-8-11-4-2-3-5-15(11)26-16)10-20-17(22)13-7-6-12(21(24)25)9-14(13)19/h2-9,23H,10H2,1H3,(H,20,22). The molecular formula is C18H15ClN2O4S. The van der Waals surface area contributed by atoms with Gasteiger partial charge in [0.2, 0.25) is 0 Å². The summed E-state index contributed by atoms with van der Waals surface area (Å²) in [6, 6.07) is 13.3. The maximum absolute atomic E-state index is 12.3. The van der Waals surface area contributed by atoms with Crippen molar-refractivity contribution in [2.24, 2.45) is 0 Å². The number of nitro groups is 1. The number of nitrogens with zero attached hydrogens (tertiary/aromatic N) is 1. The van der Waals surface area contributed by atoms with Crippen LogP contribution < -0.4 is 5.32 Å². The van der Waals surface area contributed by atoms with Crippen molar-refractivity contribution in [1.82, 2.24) is 5.32 Å². The van der Waals surface area contributed by atoms with Crippen LogP contribution in [0.2, 0.25) is 5.02 Å². The van der Waals surface area contributed by atoms with Crippen molar-refractivity contribution < 1.29 is 14.8 Å². The first-order valence-electron chi connectivity index (χ1n) is 7.71. The van der Waals surface area contributed by atoms with Gasteiger partial charge < -0.3 is 10.4 Å². The second kappa shape index (κ2) is 7.03. The Morgan fingerprint density at radius 1 is 1.31 bits per heavy atom. The molecule has 0 fully saturated rings. The summed E-state index contributed by atoms with van der Waals surface area (Å²) in [5.74, 6) is -0.508. The maximum atomic E-state index is 12.3. The van der Waals surface area contributed by atoms with Crippen LogP contribution in [0.1, 0.15) is 22.2 Å². The Balaban J connectivity index is 1.74. The van der Waals surface area contributed by atoms with Crippen LogP contribution in [-0.2, 0) is 5.60 Å². The lowest BCUT2D eigenvalue weighted by atomic mass is 10.0. The van der Waals surface area contributed by atoms with Crippen molar-refractivity contribution in [3.05, 3.63) is 74.1 Å². The molecule has 2 N–H and O–H groups in total. The SMILES string of the molecule is CC(O)(CNC(=O)c1ccc([N+](=O)[O-])cc1Cl)c1cc2ccccc2s1. The van der Waals surface area contributed by atoms with Crippen molar-refractivity contribution in [3.8, 4) is 0 Å². The summed E-state index contributed by atoms with van der Waals surface area (Å²) < 4.78 is 1.05. The first-order valence-corrected chi connectivity index (χ1v) is 8.91. The minimum absolute atomic E-state index is 0.0156. The molecule has 3 rings (SSSR count). The largest absolute Gasteiger partial charge is 0.383 e. The zero-order valence-electron chi connectivity index (χ0n) is 13.7. The number of aliphatic hydroxyl groups is 1. The molecule has 0 saturated heterocycles. The van der Waals surface area contributed by atoms with E-state index >= 15 is 0 Å². The van der Waals surface area contributed by atoms with Gasteiger partial charge in [-0.2, -0.15) is 0 Å². The summed E-state index contributed by atoms with van der Waals surface area (Å²) in [7, 11) is 0. The molecule has 0 aliphatic heterocycles. The van der Waals surface area contributed by atoms with Gasteiger partial charge >= 0.3 is 0 Å². The Bertz CT molecular complexity index is 967. The third kappa shape index (κ3) is 3.70.